The first-order valence-corrected chi connectivity index (χ1v) is 8.16. The standard InChI is InChI=1S/C17H20ClNO4/c1-3-22-14(20)9-8-12-15-11(10-18)6-5-7-13(15)19-16(12)17(21)23-4-2/h5-7,19H,3-4,8-10H2,1-2H3. The van der Waals surface area contributed by atoms with Gasteiger partial charge in [-0.05, 0) is 37.5 Å². The number of aryl methyl sites for hydroxylation is 1. The summed E-state index contributed by atoms with van der Waals surface area (Å²) in [4.78, 5) is 27.0. The van der Waals surface area contributed by atoms with Gasteiger partial charge in [-0.1, -0.05) is 12.1 Å². The summed E-state index contributed by atoms with van der Waals surface area (Å²) in [5.41, 5.74) is 2.85. The van der Waals surface area contributed by atoms with E-state index in [0.717, 1.165) is 22.0 Å². The molecule has 124 valence electrons. The number of hydrogen-bond donors (Lipinski definition) is 1. The molecule has 5 nitrogen and oxygen atoms in total. The third kappa shape index (κ3) is 3.85. The number of halogens is 1. The molecule has 0 atom stereocenters. The number of alkyl halides is 1. The van der Waals surface area contributed by atoms with Gasteiger partial charge < -0.3 is 14.5 Å². The van der Waals surface area contributed by atoms with E-state index < -0.39 is 5.97 Å². The third-order valence-electron chi connectivity index (χ3n) is 3.52. The molecule has 1 aromatic carbocycles. The first kappa shape index (κ1) is 17.3. The minimum atomic E-state index is -0.428. The molecule has 2 rings (SSSR count). The summed E-state index contributed by atoms with van der Waals surface area (Å²) < 4.78 is 10.1. The largest absolute Gasteiger partial charge is 0.466 e. The van der Waals surface area contributed by atoms with Crippen molar-refractivity contribution in [1.82, 2.24) is 4.98 Å². The molecule has 1 aromatic heterocycles. The molecule has 2 aromatic rings. The molecular weight excluding hydrogens is 318 g/mol. The summed E-state index contributed by atoms with van der Waals surface area (Å²) in [6.07, 6.45) is 0.588. The van der Waals surface area contributed by atoms with Crippen LogP contribution >= 0.6 is 11.6 Å². The molecule has 0 aliphatic heterocycles. The molecule has 0 saturated heterocycles. The van der Waals surface area contributed by atoms with Gasteiger partial charge in [0.1, 0.15) is 5.69 Å². The molecule has 0 aliphatic rings. The monoisotopic (exact) mass is 337 g/mol. The summed E-state index contributed by atoms with van der Waals surface area (Å²) in [5, 5.41) is 0.884. The van der Waals surface area contributed by atoms with Gasteiger partial charge in [0, 0.05) is 23.2 Å². The number of rotatable bonds is 7. The van der Waals surface area contributed by atoms with Gasteiger partial charge in [0.15, 0.2) is 0 Å². The van der Waals surface area contributed by atoms with Crippen LogP contribution in [0.2, 0.25) is 0 Å². The highest BCUT2D eigenvalue weighted by molar-refractivity contribution is 6.18. The Bertz CT molecular complexity index is 708. The summed E-state index contributed by atoms with van der Waals surface area (Å²) in [5.74, 6) is -0.396. The molecule has 23 heavy (non-hydrogen) atoms. The minimum Gasteiger partial charge on any atom is -0.466 e. The quantitative estimate of drug-likeness (QED) is 0.619. The van der Waals surface area contributed by atoms with Crippen molar-refractivity contribution < 1.29 is 19.1 Å². The molecule has 0 bridgehead atoms. The summed E-state index contributed by atoms with van der Waals surface area (Å²) in [7, 11) is 0. The molecule has 0 aliphatic carbocycles. The van der Waals surface area contributed by atoms with E-state index in [-0.39, 0.29) is 19.0 Å². The number of carbonyl (C=O) groups is 2. The van der Waals surface area contributed by atoms with Gasteiger partial charge in [0.2, 0.25) is 0 Å². The van der Waals surface area contributed by atoms with Gasteiger partial charge in [-0.15, -0.1) is 11.6 Å². The second kappa shape index (κ2) is 8.02. The van der Waals surface area contributed by atoms with Gasteiger partial charge in [-0.25, -0.2) is 4.79 Å². The van der Waals surface area contributed by atoms with Crippen LogP contribution in [-0.2, 0) is 26.6 Å². The molecule has 0 unspecified atom stereocenters. The fraction of sp³-hybridized carbons (Fsp3) is 0.412. The van der Waals surface area contributed by atoms with Crippen LogP contribution in [0.15, 0.2) is 18.2 Å². The van der Waals surface area contributed by atoms with E-state index >= 15 is 0 Å². The molecule has 6 heteroatoms. The zero-order valence-electron chi connectivity index (χ0n) is 13.3. The number of H-pyrrole nitrogens is 1. The van der Waals surface area contributed by atoms with Crippen LogP contribution in [0.5, 0.6) is 0 Å². The van der Waals surface area contributed by atoms with E-state index in [2.05, 4.69) is 4.98 Å². The summed E-state index contributed by atoms with van der Waals surface area (Å²) in [6, 6.07) is 5.66. The van der Waals surface area contributed by atoms with E-state index in [9.17, 15) is 9.59 Å². The Morgan fingerprint density at radius 2 is 1.91 bits per heavy atom. The van der Waals surface area contributed by atoms with Crippen molar-refractivity contribution in [2.45, 2.75) is 32.6 Å². The number of benzene rings is 1. The number of aromatic amines is 1. The highest BCUT2D eigenvalue weighted by atomic mass is 35.5. The second-order valence-electron chi connectivity index (χ2n) is 4.98. The molecule has 0 spiro atoms. The van der Waals surface area contributed by atoms with E-state index in [1.165, 1.54) is 0 Å². The molecule has 0 amide bonds. The lowest BCUT2D eigenvalue weighted by molar-refractivity contribution is -0.143. The van der Waals surface area contributed by atoms with Crippen molar-refractivity contribution in [3.05, 3.63) is 35.0 Å². The van der Waals surface area contributed by atoms with Crippen LogP contribution < -0.4 is 0 Å². The normalized spacial score (nSPS) is 10.7. The van der Waals surface area contributed by atoms with Crippen molar-refractivity contribution >= 4 is 34.4 Å². The van der Waals surface area contributed by atoms with E-state index in [0.29, 0.717) is 24.6 Å². The van der Waals surface area contributed by atoms with Crippen molar-refractivity contribution in [3.63, 3.8) is 0 Å². The maximum Gasteiger partial charge on any atom is 0.355 e. The Balaban J connectivity index is 2.45. The van der Waals surface area contributed by atoms with E-state index in [1.807, 2.05) is 18.2 Å². The zero-order chi connectivity index (χ0) is 16.8. The van der Waals surface area contributed by atoms with Gasteiger partial charge in [0.05, 0.1) is 13.2 Å². The fourth-order valence-electron chi connectivity index (χ4n) is 2.59. The summed E-state index contributed by atoms with van der Waals surface area (Å²) in [6.45, 7) is 4.14. The maximum absolute atomic E-state index is 12.2. The van der Waals surface area contributed by atoms with Gasteiger partial charge in [-0.3, -0.25) is 4.79 Å². The van der Waals surface area contributed by atoms with Crippen molar-refractivity contribution in [2.24, 2.45) is 0 Å². The maximum atomic E-state index is 12.2. The smallest absolute Gasteiger partial charge is 0.355 e. The van der Waals surface area contributed by atoms with E-state index in [1.54, 1.807) is 13.8 Å². The van der Waals surface area contributed by atoms with Crippen LogP contribution in [0.4, 0.5) is 0 Å². The lowest BCUT2D eigenvalue weighted by Gasteiger charge is -2.06. The highest BCUT2D eigenvalue weighted by Gasteiger charge is 2.21. The Morgan fingerprint density at radius 3 is 2.57 bits per heavy atom. The Kier molecular flexibility index (Phi) is 6.04. The topological polar surface area (TPSA) is 68.4 Å². The van der Waals surface area contributed by atoms with Crippen molar-refractivity contribution in [3.8, 4) is 0 Å². The molecule has 0 radical (unpaired) electrons. The molecule has 1 heterocycles. The number of hydrogen-bond acceptors (Lipinski definition) is 4. The lowest BCUT2D eigenvalue weighted by Crippen LogP contribution is -2.10. The van der Waals surface area contributed by atoms with Gasteiger partial charge in [-0.2, -0.15) is 0 Å². The predicted molar refractivity (Wildman–Crippen MR) is 88.8 cm³/mol. The molecule has 1 N–H and O–H groups in total. The Hall–Kier alpha value is -2.01. The number of aromatic nitrogens is 1. The third-order valence-corrected chi connectivity index (χ3v) is 3.81. The molecule has 0 fully saturated rings. The van der Waals surface area contributed by atoms with Crippen LogP contribution in [-0.4, -0.2) is 30.1 Å². The number of esters is 2. The average Bonchev–Trinajstić information content (AvgIpc) is 2.92. The van der Waals surface area contributed by atoms with Crippen LogP contribution in [0, 0.1) is 0 Å². The van der Waals surface area contributed by atoms with Gasteiger partial charge in [0.25, 0.3) is 0 Å². The first-order valence-electron chi connectivity index (χ1n) is 7.63. The van der Waals surface area contributed by atoms with Crippen LogP contribution in [0.1, 0.15) is 41.9 Å². The zero-order valence-corrected chi connectivity index (χ0v) is 14.0. The lowest BCUT2D eigenvalue weighted by atomic mass is 10.0. The predicted octanol–water partition coefficient (Wildman–Crippen LogP) is 3.58. The molecule has 0 saturated carbocycles. The van der Waals surface area contributed by atoms with Crippen molar-refractivity contribution in [2.75, 3.05) is 13.2 Å². The second-order valence-corrected chi connectivity index (χ2v) is 5.24. The fourth-order valence-corrected chi connectivity index (χ4v) is 2.82. The Morgan fingerprint density at radius 1 is 1.17 bits per heavy atom. The average molecular weight is 338 g/mol. The Labute approximate surface area is 139 Å². The SMILES string of the molecule is CCOC(=O)CCc1c(C(=O)OCC)[nH]c2cccc(CCl)c12. The van der Waals surface area contributed by atoms with Crippen molar-refractivity contribution in [1.29, 1.82) is 0 Å². The van der Waals surface area contributed by atoms with Crippen LogP contribution in [0.3, 0.4) is 0 Å². The number of carbonyl (C=O) groups excluding carboxylic acids is 2. The van der Waals surface area contributed by atoms with Crippen LogP contribution in [0.25, 0.3) is 10.9 Å². The van der Waals surface area contributed by atoms with Gasteiger partial charge >= 0.3 is 11.9 Å². The number of nitrogens with one attached hydrogen (secondary N) is 1. The number of ether oxygens (including phenoxy) is 2. The number of fused-ring (bicyclic) bond motifs is 1. The summed E-state index contributed by atoms with van der Waals surface area (Å²) >= 11 is 6.02. The minimum absolute atomic E-state index is 0.198. The van der Waals surface area contributed by atoms with E-state index in [4.69, 9.17) is 21.1 Å². The first-order chi connectivity index (χ1) is 11.1. The highest BCUT2D eigenvalue weighted by Crippen LogP contribution is 2.29. The molecular formula is C17H20ClNO4.